The molecular formula is C25H32N4O3. The van der Waals surface area contributed by atoms with Gasteiger partial charge in [-0.15, -0.1) is 0 Å². The van der Waals surface area contributed by atoms with Gasteiger partial charge in [-0.05, 0) is 56.0 Å². The van der Waals surface area contributed by atoms with Crippen LogP contribution in [0.3, 0.4) is 0 Å². The zero-order valence-electron chi connectivity index (χ0n) is 18.9. The lowest BCUT2D eigenvalue weighted by molar-refractivity contribution is -0.121. The van der Waals surface area contributed by atoms with Crippen LogP contribution in [0, 0.1) is 5.92 Å². The number of carbonyl (C=O) groups is 1. The average Bonchev–Trinajstić information content (AvgIpc) is 3.23. The number of hydrogen-bond donors (Lipinski definition) is 2. The Morgan fingerprint density at radius 2 is 2.09 bits per heavy atom. The minimum Gasteiger partial charge on any atom is -0.497 e. The van der Waals surface area contributed by atoms with Crippen molar-refractivity contribution in [1.82, 2.24) is 20.2 Å². The monoisotopic (exact) mass is 436 g/mol. The Labute approximate surface area is 189 Å². The van der Waals surface area contributed by atoms with Gasteiger partial charge >= 0.3 is 0 Å². The number of rotatable bonds is 9. The van der Waals surface area contributed by atoms with Crippen LogP contribution in [0.5, 0.6) is 11.5 Å². The number of H-pyrrole nitrogens is 1. The van der Waals surface area contributed by atoms with Crippen LogP contribution in [0.1, 0.15) is 37.1 Å². The highest BCUT2D eigenvalue weighted by Gasteiger charge is 2.21. The minimum absolute atomic E-state index is 0.0808. The number of para-hydroxylation sites is 2. The molecule has 3 aromatic rings. The van der Waals surface area contributed by atoms with Gasteiger partial charge < -0.3 is 19.8 Å². The number of ether oxygens (including phenoxy) is 2. The summed E-state index contributed by atoms with van der Waals surface area (Å²) < 4.78 is 10.6. The summed E-state index contributed by atoms with van der Waals surface area (Å²) in [4.78, 5) is 23.0. The van der Waals surface area contributed by atoms with Crippen LogP contribution >= 0.6 is 0 Å². The van der Waals surface area contributed by atoms with Crippen molar-refractivity contribution in [2.75, 3.05) is 27.3 Å². The number of aromatic amines is 1. The number of carbonyl (C=O) groups excluding carboxylic acids is 1. The molecule has 0 radical (unpaired) electrons. The summed E-state index contributed by atoms with van der Waals surface area (Å²) in [5, 5.41) is 3.03. The van der Waals surface area contributed by atoms with Crippen molar-refractivity contribution >= 4 is 16.9 Å². The molecule has 170 valence electrons. The second kappa shape index (κ2) is 10.5. The molecule has 4 rings (SSSR count). The van der Waals surface area contributed by atoms with Crippen LogP contribution in [-0.2, 0) is 17.9 Å². The van der Waals surface area contributed by atoms with Crippen molar-refractivity contribution in [3.8, 4) is 11.5 Å². The summed E-state index contributed by atoms with van der Waals surface area (Å²) in [6.45, 7) is 3.37. The topological polar surface area (TPSA) is 79.5 Å². The lowest BCUT2D eigenvalue weighted by Gasteiger charge is -2.32. The van der Waals surface area contributed by atoms with Gasteiger partial charge in [0, 0.05) is 31.1 Å². The van der Waals surface area contributed by atoms with Gasteiger partial charge in [0.25, 0.3) is 0 Å². The number of piperidine rings is 1. The molecule has 2 aromatic carbocycles. The van der Waals surface area contributed by atoms with Gasteiger partial charge in [-0.2, -0.15) is 0 Å². The second-order valence-electron chi connectivity index (χ2n) is 8.44. The number of likely N-dealkylation sites (tertiary alicyclic amines) is 1. The summed E-state index contributed by atoms with van der Waals surface area (Å²) in [7, 11) is 3.25. The van der Waals surface area contributed by atoms with Crippen LogP contribution in [0.4, 0.5) is 0 Å². The standard InChI is InChI=1S/C25H32N4O3/c1-31-20-11-10-19(23(14-20)32-2)15-26-25(30)12-9-18-6-5-13-29(16-18)17-24-27-21-7-3-4-8-22(21)28-24/h3-4,7-8,10-11,14,18H,5-6,9,12-13,15-17H2,1-2H3,(H,26,30)(H,27,28)/t18-/m1/s1. The van der Waals surface area contributed by atoms with Gasteiger partial charge in [-0.1, -0.05) is 12.1 Å². The molecule has 1 aromatic heterocycles. The number of amides is 1. The van der Waals surface area contributed by atoms with E-state index < -0.39 is 0 Å². The molecule has 2 heterocycles. The number of methoxy groups -OCH3 is 2. The predicted molar refractivity (Wildman–Crippen MR) is 125 cm³/mol. The smallest absolute Gasteiger partial charge is 0.220 e. The molecule has 1 amide bonds. The van der Waals surface area contributed by atoms with Crippen molar-refractivity contribution in [3.63, 3.8) is 0 Å². The van der Waals surface area contributed by atoms with E-state index in [1.807, 2.05) is 36.4 Å². The number of imidazole rings is 1. The molecule has 1 aliphatic rings. The first kappa shape index (κ1) is 22.1. The van der Waals surface area contributed by atoms with Crippen molar-refractivity contribution in [3.05, 3.63) is 53.9 Å². The Kier molecular flexibility index (Phi) is 7.27. The van der Waals surface area contributed by atoms with Crippen LogP contribution in [-0.4, -0.2) is 48.1 Å². The minimum atomic E-state index is 0.0808. The molecule has 0 bridgehead atoms. The normalized spacial score (nSPS) is 16.8. The van der Waals surface area contributed by atoms with Crippen LogP contribution in [0.25, 0.3) is 11.0 Å². The van der Waals surface area contributed by atoms with Crippen LogP contribution in [0.15, 0.2) is 42.5 Å². The van der Waals surface area contributed by atoms with Gasteiger partial charge in [0.15, 0.2) is 0 Å². The summed E-state index contributed by atoms with van der Waals surface area (Å²) in [6.07, 6.45) is 3.79. The van der Waals surface area contributed by atoms with Crippen molar-refractivity contribution in [1.29, 1.82) is 0 Å². The molecule has 0 saturated carbocycles. The average molecular weight is 437 g/mol. The third-order valence-corrected chi connectivity index (χ3v) is 6.16. The van der Waals surface area contributed by atoms with E-state index in [1.54, 1.807) is 14.2 Å². The highest BCUT2D eigenvalue weighted by Crippen LogP contribution is 2.25. The molecule has 0 aliphatic carbocycles. The van der Waals surface area contributed by atoms with E-state index in [4.69, 9.17) is 14.5 Å². The van der Waals surface area contributed by atoms with Crippen LogP contribution in [0.2, 0.25) is 0 Å². The fourth-order valence-electron chi connectivity index (χ4n) is 4.44. The number of aromatic nitrogens is 2. The molecule has 32 heavy (non-hydrogen) atoms. The molecule has 7 nitrogen and oxygen atoms in total. The Hall–Kier alpha value is -3.06. The second-order valence-corrected chi connectivity index (χ2v) is 8.44. The zero-order valence-corrected chi connectivity index (χ0v) is 18.9. The van der Waals surface area contributed by atoms with E-state index in [2.05, 4.69) is 21.3 Å². The van der Waals surface area contributed by atoms with Crippen molar-refractivity contribution < 1.29 is 14.3 Å². The first-order valence-corrected chi connectivity index (χ1v) is 11.3. The molecule has 0 unspecified atom stereocenters. The molecular weight excluding hydrogens is 404 g/mol. The highest BCUT2D eigenvalue weighted by atomic mass is 16.5. The lowest BCUT2D eigenvalue weighted by atomic mass is 9.93. The maximum atomic E-state index is 12.4. The van der Waals surface area contributed by atoms with E-state index in [9.17, 15) is 4.79 Å². The summed E-state index contributed by atoms with van der Waals surface area (Å²) in [5.74, 6) is 3.09. The zero-order chi connectivity index (χ0) is 22.3. The number of fused-ring (bicyclic) bond motifs is 1. The molecule has 0 spiro atoms. The fourth-order valence-corrected chi connectivity index (χ4v) is 4.44. The molecule has 2 N–H and O–H groups in total. The van der Waals surface area contributed by atoms with E-state index in [-0.39, 0.29) is 5.91 Å². The Bertz CT molecular complexity index is 1020. The predicted octanol–water partition coefficient (Wildman–Crippen LogP) is 3.89. The van der Waals surface area contributed by atoms with Gasteiger partial charge in [0.1, 0.15) is 17.3 Å². The number of benzene rings is 2. The van der Waals surface area contributed by atoms with Gasteiger partial charge in [-0.3, -0.25) is 9.69 Å². The van der Waals surface area contributed by atoms with Crippen molar-refractivity contribution in [2.45, 2.75) is 38.8 Å². The van der Waals surface area contributed by atoms with Gasteiger partial charge in [0.2, 0.25) is 5.91 Å². The number of nitrogens with one attached hydrogen (secondary N) is 2. The molecule has 1 fully saturated rings. The first-order valence-electron chi connectivity index (χ1n) is 11.3. The SMILES string of the molecule is COc1ccc(CNC(=O)CC[C@H]2CCCN(Cc3nc4ccccc4[nH]3)C2)c(OC)c1. The Morgan fingerprint density at radius 3 is 2.91 bits per heavy atom. The summed E-state index contributed by atoms with van der Waals surface area (Å²) in [5.41, 5.74) is 3.04. The third-order valence-electron chi connectivity index (χ3n) is 6.16. The number of nitrogens with zero attached hydrogens (tertiary/aromatic N) is 2. The third kappa shape index (κ3) is 5.59. The highest BCUT2D eigenvalue weighted by molar-refractivity contribution is 5.76. The maximum absolute atomic E-state index is 12.4. The molecule has 1 atom stereocenters. The first-order chi connectivity index (χ1) is 15.6. The largest absolute Gasteiger partial charge is 0.497 e. The summed E-state index contributed by atoms with van der Waals surface area (Å²) in [6, 6.07) is 13.8. The summed E-state index contributed by atoms with van der Waals surface area (Å²) >= 11 is 0. The number of hydrogen-bond acceptors (Lipinski definition) is 5. The van der Waals surface area contributed by atoms with E-state index in [0.29, 0.717) is 18.9 Å². The Morgan fingerprint density at radius 1 is 1.22 bits per heavy atom. The molecule has 1 aliphatic heterocycles. The maximum Gasteiger partial charge on any atom is 0.220 e. The fraction of sp³-hybridized carbons (Fsp3) is 0.440. The van der Waals surface area contributed by atoms with E-state index in [0.717, 1.165) is 66.4 Å². The molecule has 1 saturated heterocycles. The quantitative estimate of drug-likeness (QED) is 0.532. The molecule has 7 heteroatoms. The van der Waals surface area contributed by atoms with E-state index >= 15 is 0 Å². The Balaban J connectivity index is 1.23. The van der Waals surface area contributed by atoms with Crippen LogP contribution < -0.4 is 14.8 Å². The van der Waals surface area contributed by atoms with Gasteiger partial charge in [-0.25, -0.2) is 4.98 Å². The van der Waals surface area contributed by atoms with Gasteiger partial charge in [0.05, 0.1) is 31.8 Å². The lowest BCUT2D eigenvalue weighted by Crippen LogP contribution is -2.35. The van der Waals surface area contributed by atoms with E-state index in [1.165, 1.54) is 6.42 Å². The van der Waals surface area contributed by atoms with Crippen molar-refractivity contribution in [2.24, 2.45) is 5.92 Å².